The molecule has 0 aromatic carbocycles. The molecule has 5 nitrogen and oxygen atoms in total. The minimum atomic E-state index is -3.03. The summed E-state index contributed by atoms with van der Waals surface area (Å²) >= 11 is 0. The van der Waals surface area contributed by atoms with Gasteiger partial charge in [-0.3, -0.25) is 4.68 Å². The number of hydrogen-bond donors (Lipinski definition) is 1. The second-order valence-corrected chi connectivity index (χ2v) is 6.57. The van der Waals surface area contributed by atoms with Gasteiger partial charge in [0.2, 0.25) is 0 Å². The van der Waals surface area contributed by atoms with Crippen LogP contribution in [0.1, 0.15) is 18.9 Å². The van der Waals surface area contributed by atoms with E-state index in [9.17, 15) is 8.42 Å². The van der Waals surface area contributed by atoms with E-state index in [-0.39, 0.29) is 11.0 Å². The first kappa shape index (κ1) is 13.2. The maximum atomic E-state index is 11.8. The molecule has 2 N–H and O–H groups in total. The van der Waals surface area contributed by atoms with E-state index >= 15 is 0 Å². The lowest BCUT2D eigenvalue weighted by atomic mass is 10.3. The summed E-state index contributed by atoms with van der Waals surface area (Å²) in [6, 6.07) is 0. The van der Waals surface area contributed by atoms with Gasteiger partial charge in [0.25, 0.3) is 0 Å². The van der Waals surface area contributed by atoms with Crippen molar-refractivity contribution in [3.05, 3.63) is 18.0 Å². The molecule has 1 atom stereocenters. The van der Waals surface area contributed by atoms with Crippen LogP contribution >= 0.6 is 0 Å². The maximum Gasteiger partial charge on any atom is 0.153 e. The molecule has 0 amide bonds. The predicted molar refractivity (Wildman–Crippen MR) is 63.8 cm³/mol. The van der Waals surface area contributed by atoms with E-state index in [1.54, 1.807) is 17.8 Å². The summed E-state index contributed by atoms with van der Waals surface area (Å²) in [6.45, 7) is 2.12. The van der Waals surface area contributed by atoms with Crippen molar-refractivity contribution in [3.63, 3.8) is 0 Å². The molecule has 16 heavy (non-hydrogen) atoms. The fraction of sp³-hybridized carbons (Fsp3) is 0.700. The summed E-state index contributed by atoms with van der Waals surface area (Å²) in [7, 11) is -1.21. The zero-order valence-corrected chi connectivity index (χ0v) is 10.6. The standard InChI is InChI=1S/C10H19N3O2S/c1-9(3-5-11)16(14,15)6-4-10-7-12-13(2)8-10/h7-9H,3-6,11H2,1-2H3. The molecule has 1 aromatic heterocycles. The van der Waals surface area contributed by atoms with Crippen molar-refractivity contribution in [1.82, 2.24) is 9.78 Å². The third kappa shape index (κ3) is 3.61. The third-order valence-corrected chi connectivity index (χ3v) is 4.85. The Morgan fingerprint density at radius 3 is 2.75 bits per heavy atom. The second kappa shape index (κ2) is 5.45. The van der Waals surface area contributed by atoms with E-state index < -0.39 is 9.84 Å². The Morgan fingerprint density at radius 1 is 1.56 bits per heavy atom. The lowest BCUT2D eigenvalue weighted by molar-refractivity contribution is 0.577. The molecule has 0 fully saturated rings. The maximum absolute atomic E-state index is 11.8. The zero-order valence-electron chi connectivity index (χ0n) is 9.76. The van der Waals surface area contributed by atoms with Crippen LogP contribution in [0, 0.1) is 0 Å². The summed E-state index contributed by atoms with van der Waals surface area (Å²) in [5, 5.41) is 3.65. The molecule has 1 unspecified atom stereocenters. The largest absolute Gasteiger partial charge is 0.330 e. The molecule has 92 valence electrons. The lowest BCUT2D eigenvalue weighted by Gasteiger charge is -2.10. The van der Waals surface area contributed by atoms with Crippen molar-refractivity contribution in [2.75, 3.05) is 12.3 Å². The van der Waals surface area contributed by atoms with Crippen LogP contribution in [0.15, 0.2) is 12.4 Å². The zero-order chi connectivity index (χ0) is 12.2. The first-order valence-corrected chi connectivity index (χ1v) is 7.06. The van der Waals surface area contributed by atoms with Gasteiger partial charge in [-0.25, -0.2) is 8.42 Å². The second-order valence-electron chi connectivity index (χ2n) is 4.03. The number of nitrogens with two attached hydrogens (primary N) is 1. The van der Waals surface area contributed by atoms with Gasteiger partial charge in [0.15, 0.2) is 9.84 Å². The first-order valence-electron chi connectivity index (χ1n) is 5.35. The first-order chi connectivity index (χ1) is 7.45. The molecule has 0 bridgehead atoms. The summed E-state index contributed by atoms with van der Waals surface area (Å²) < 4.78 is 25.3. The van der Waals surface area contributed by atoms with Gasteiger partial charge in [-0.2, -0.15) is 5.10 Å². The topological polar surface area (TPSA) is 78.0 Å². The minimum absolute atomic E-state index is 0.167. The number of nitrogens with zero attached hydrogens (tertiary/aromatic N) is 2. The monoisotopic (exact) mass is 245 g/mol. The summed E-state index contributed by atoms with van der Waals surface area (Å²) in [5.74, 6) is 0.167. The molecule has 1 heterocycles. The van der Waals surface area contributed by atoms with Crippen molar-refractivity contribution in [3.8, 4) is 0 Å². The van der Waals surface area contributed by atoms with Crippen molar-refractivity contribution < 1.29 is 8.42 Å². The van der Waals surface area contributed by atoms with Crippen molar-refractivity contribution >= 4 is 9.84 Å². The lowest BCUT2D eigenvalue weighted by Crippen LogP contribution is -2.24. The van der Waals surface area contributed by atoms with Crippen molar-refractivity contribution in [2.45, 2.75) is 25.0 Å². The molecule has 0 saturated carbocycles. The Balaban J connectivity index is 2.54. The molecule has 0 saturated heterocycles. The van der Waals surface area contributed by atoms with Crippen molar-refractivity contribution in [2.24, 2.45) is 12.8 Å². The van der Waals surface area contributed by atoms with Gasteiger partial charge in [0, 0.05) is 13.2 Å². The Hall–Kier alpha value is -0.880. The molecule has 1 aromatic rings. The highest BCUT2D eigenvalue weighted by Gasteiger charge is 2.19. The van der Waals surface area contributed by atoms with Gasteiger partial charge in [-0.05, 0) is 31.9 Å². The van der Waals surface area contributed by atoms with Gasteiger partial charge in [0.05, 0.1) is 17.2 Å². The number of hydrogen-bond acceptors (Lipinski definition) is 4. The van der Waals surface area contributed by atoms with Crippen molar-refractivity contribution in [1.29, 1.82) is 0 Å². The summed E-state index contributed by atoms with van der Waals surface area (Å²) in [6.07, 6.45) is 4.58. The van der Waals surface area contributed by atoms with Gasteiger partial charge >= 0.3 is 0 Å². The number of sulfone groups is 1. The number of rotatable bonds is 6. The average molecular weight is 245 g/mol. The molecular formula is C10H19N3O2S. The Bertz CT molecular complexity index is 425. The average Bonchev–Trinajstić information content (AvgIpc) is 2.62. The molecule has 0 aliphatic heterocycles. The van der Waals surface area contributed by atoms with E-state index in [1.165, 1.54) is 0 Å². The number of aromatic nitrogens is 2. The molecule has 1 rings (SSSR count). The van der Waals surface area contributed by atoms with Crippen LogP contribution in [0.25, 0.3) is 0 Å². The Kier molecular flexibility index (Phi) is 4.49. The molecule has 6 heteroatoms. The Morgan fingerprint density at radius 2 is 2.25 bits per heavy atom. The van der Waals surface area contributed by atoms with Gasteiger partial charge in [0.1, 0.15) is 0 Å². The van der Waals surface area contributed by atoms with Crippen LogP contribution in [0.3, 0.4) is 0 Å². The van der Waals surface area contributed by atoms with Gasteiger partial charge < -0.3 is 5.73 Å². The fourth-order valence-corrected chi connectivity index (χ4v) is 2.89. The fourth-order valence-electron chi connectivity index (χ4n) is 1.48. The van der Waals surface area contributed by atoms with E-state index in [0.717, 1.165) is 5.56 Å². The highest BCUT2D eigenvalue weighted by atomic mass is 32.2. The van der Waals surface area contributed by atoms with Gasteiger partial charge in [-0.1, -0.05) is 0 Å². The van der Waals surface area contributed by atoms with Crippen LogP contribution in [0.4, 0.5) is 0 Å². The van der Waals surface area contributed by atoms with E-state index in [2.05, 4.69) is 5.10 Å². The quantitative estimate of drug-likeness (QED) is 0.772. The SMILES string of the molecule is CC(CCN)S(=O)(=O)CCc1cnn(C)c1. The molecule has 0 aliphatic carbocycles. The van der Waals surface area contributed by atoms with E-state index in [4.69, 9.17) is 5.73 Å². The normalized spacial score (nSPS) is 13.9. The number of aryl methyl sites for hydroxylation is 2. The van der Waals surface area contributed by atoms with Crippen LogP contribution in [-0.4, -0.2) is 35.7 Å². The van der Waals surface area contributed by atoms with E-state index in [0.29, 0.717) is 19.4 Å². The van der Waals surface area contributed by atoms with Crippen LogP contribution in [0.5, 0.6) is 0 Å². The van der Waals surface area contributed by atoms with Crippen LogP contribution in [-0.2, 0) is 23.3 Å². The summed E-state index contributed by atoms with van der Waals surface area (Å²) in [4.78, 5) is 0. The minimum Gasteiger partial charge on any atom is -0.330 e. The Labute approximate surface area is 96.6 Å². The van der Waals surface area contributed by atoms with Crippen LogP contribution in [0.2, 0.25) is 0 Å². The molecule has 0 spiro atoms. The van der Waals surface area contributed by atoms with E-state index in [1.807, 2.05) is 13.2 Å². The smallest absolute Gasteiger partial charge is 0.153 e. The molecule has 0 aliphatic rings. The predicted octanol–water partition coefficient (Wildman–Crippen LogP) is 0.115. The van der Waals surface area contributed by atoms with Crippen LogP contribution < -0.4 is 5.73 Å². The third-order valence-electron chi connectivity index (χ3n) is 2.62. The summed E-state index contributed by atoms with van der Waals surface area (Å²) in [5.41, 5.74) is 6.31. The molecule has 0 radical (unpaired) electrons. The molecular weight excluding hydrogens is 226 g/mol. The highest BCUT2D eigenvalue weighted by Crippen LogP contribution is 2.08. The van der Waals surface area contributed by atoms with Gasteiger partial charge in [-0.15, -0.1) is 0 Å². The highest BCUT2D eigenvalue weighted by molar-refractivity contribution is 7.92.